The number of carbonyl (C=O) groups excluding carboxylic acids is 2. The van der Waals surface area contributed by atoms with E-state index in [1.165, 1.54) is 12.1 Å². The highest BCUT2D eigenvalue weighted by Gasteiger charge is 2.06. The number of hydrogen-bond acceptors (Lipinski definition) is 3. The number of halogens is 2. The molecular formula is C17H13Cl2NO3. The van der Waals surface area contributed by atoms with Gasteiger partial charge in [0.15, 0.2) is 12.4 Å². The fourth-order valence-corrected chi connectivity index (χ4v) is 2.18. The first-order valence-electron chi connectivity index (χ1n) is 6.65. The standard InChI is InChI=1S/C17H13Cl2NO3/c18-14-6-2-3-11(17(14)19)7-8-15(21)12-4-1-5-13(9-12)23-10-16(20)22/h1-9H,10H2,(H2,20,22)/b8-7+. The lowest BCUT2D eigenvalue weighted by molar-refractivity contribution is -0.119. The Morgan fingerprint density at radius 1 is 1.13 bits per heavy atom. The molecule has 0 aromatic heterocycles. The molecule has 23 heavy (non-hydrogen) atoms. The van der Waals surface area contributed by atoms with Gasteiger partial charge in [-0.15, -0.1) is 0 Å². The lowest BCUT2D eigenvalue weighted by Gasteiger charge is -2.04. The van der Waals surface area contributed by atoms with E-state index in [0.717, 1.165) is 0 Å². The van der Waals surface area contributed by atoms with Crippen molar-refractivity contribution < 1.29 is 14.3 Å². The number of primary amides is 1. The second-order valence-electron chi connectivity index (χ2n) is 4.62. The summed E-state index contributed by atoms with van der Waals surface area (Å²) in [6.07, 6.45) is 2.98. The van der Waals surface area contributed by atoms with Crippen molar-refractivity contribution in [3.63, 3.8) is 0 Å². The molecule has 0 bridgehead atoms. The molecular weight excluding hydrogens is 337 g/mol. The number of hydrogen-bond donors (Lipinski definition) is 1. The molecule has 0 heterocycles. The normalized spacial score (nSPS) is 10.7. The molecule has 0 aliphatic heterocycles. The van der Waals surface area contributed by atoms with Crippen molar-refractivity contribution in [1.29, 1.82) is 0 Å². The molecule has 2 N–H and O–H groups in total. The Labute approximate surface area is 143 Å². The highest BCUT2D eigenvalue weighted by Crippen LogP contribution is 2.26. The Bertz CT molecular complexity index is 772. The topological polar surface area (TPSA) is 69.4 Å². The molecule has 0 atom stereocenters. The monoisotopic (exact) mass is 349 g/mol. The Hall–Kier alpha value is -2.30. The van der Waals surface area contributed by atoms with Gasteiger partial charge < -0.3 is 10.5 Å². The summed E-state index contributed by atoms with van der Waals surface area (Å²) in [6, 6.07) is 11.6. The van der Waals surface area contributed by atoms with E-state index in [0.29, 0.717) is 26.9 Å². The third kappa shape index (κ3) is 4.84. The number of carbonyl (C=O) groups is 2. The number of ketones is 1. The van der Waals surface area contributed by atoms with E-state index in [9.17, 15) is 9.59 Å². The van der Waals surface area contributed by atoms with E-state index in [1.54, 1.807) is 42.5 Å². The summed E-state index contributed by atoms with van der Waals surface area (Å²) in [6.45, 7) is -0.244. The molecule has 0 radical (unpaired) electrons. The molecule has 0 saturated carbocycles. The van der Waals surface area contributed by atoms with Crippen LogP contribution in [0.3, 0.4) is 0 Å². The number of ether oxygens (including phenoxy) is 1. The Morgan fingerprint density at radius 2 is 1.87 bits per heavy atom. The smallest absolute Gasteiger partial charge is 0.255 e. The molecule has 2 aromatic carbocycles. The number of benzene rings is 2. The van der Waals surface area contributed by atoms with Gasteiger partial charge in [0.25, 0.3) is 5.91 Å². The van der Waals surface area contributed by atoms with Gasteiger partial charge in [0.05, 0.1) is 10.0 Å². The van der Waals surface area contributed by atoms with Gasteiger partial charge >= 0.3 is 0 Å². The van der Waals surface area contributed by atoms with Gasteiger partial charge in [0, 0.05) is 5.56 Å². The van der Waals surface area contributed by atoms with E-state index in [1.807, 2.05) is 0 Å². The Balaban J connectivity index is 2.14. The summed E-state index contributed by atoms with van der Waals surface area (Å²) in [5.74, 6) is -0.424. The fourth-order valence-electron chi connectivity index (χ4n) is 1.80. The molecule has 118 valence electrons. The summed E-state index contributed by atoms with van der Waals surface area (Å²) in [5, 5.41) is 0.805. The number of allylic oxidation sites excluding steroid dienone is 1. The lowest BCUT2D eigenvalue weighted by atomic mass is 10.1. The van der Waals surface area contributed by atoms with Gasteiger partial charge in [-0.3, -0.25) is 9.59 Å². The van der Waals surface area contributed by atoms with Crippen LogP contribution in [0, 0.1) is 0 Å². The molecule has 1 amide bonds. The van der Waals surface area contributed by atoms with Crippen LogP contribution in [0.15, 0.2) is 48.5 Å². The van der Waals surface area contributed by atoms with Crippen LogP contribution >= 0.6 is 23.2 Å². The van der Waals surface area contributed by atoms with E-state index >= 15 is 0 Å². The molecule has 6 heteroatoms. The van der Waals surface area contributed by atoms with Crippen molar-refractivity contribution in [1.82, 2.24) is 0 Å². The largest absolute Gasteiger partial charge is 0.484 e. The third-order valence-electron chi connectivity index (χ3n) is 2.90. The SMILES string of the molecule is NC(=O)COc1cccc(C(=O)/C=C/c2cccc(Cl)c2Cl)c1. The minimum atomic E-state index is -0.586. The zero-order valence-corrected chi connectivity index (χ0v) is 13.5. The maximum Gasteiger partial charge on any atom is 0.255 e. The van der Waals surface area contributed by atoms with Crippen molar-refractivity contribution in [3.8, 4) is 5.75 Å². The first-order chi connectivity index (χ1) is 11.0. The third-order valence-corrected chi connectivity index (χ3v) is 3.73. The summed E-state index contributed by atoms with van der Waals surface area (Å²) in [5.41, 5.74) is 6.08. The maximum absolute atomic E-state index is 12.2. The van der Waals surface area contributed by atoms with E-state index in [2.05, 4.69) is 0 Å². The minimum absolute atomic E-state index is 0.231. The van der Waals surface area contributed by atoms with Gasteiger partial charge in [-0.25, -0.2) is 0 Å². The highest BCUT2D eigenvalue weighted by molar-refractivity contribution is 6.42. The first-order valence-corrected chi connectivity index (χ1v) is 7.40. The molecule has 2 rings (SSSR count). The van der Waals surface area contributed by atoms with Crippen molar-refractivity contribution in [2.75, 3.05) is 6.61 Å². The van der Waals surface area contributed by atoms with Crippen LogP contribution in [-0.2, 0) is 4.79 Å². The average molecular weight is 350 g/mol. The molecule has 0 aliphatic rings. The fraction of sp³-hybridized carbons (Fsp3) is 0.0588. The quantitative estimate of drug-likeness (QED) is 0.637. The van der Waals surface area contributed by atoms with Crippen molar-refractivity contribution in [2.45, 2.75) is 0 Å². The summed E-state index contributed by atoms with van der Waals surface area (Å²) < 4.78 is 5.17. The van der Waals surface area contributed by atoms with E-state index < -0.39 is 5.91 Å². The maximum atomic E-state index is 12.2. The zero-order valence-electron chi connectivity index (χ0n) is 12.0. The van der Waals surface area contributed by atoms with Gasteiger partial charge in [0.2, 0.25) is 0 Å². The molecule has 2 aromatic rings. The van der Waals surface area contributed by atoms with Crippen LogP contribution < -0.4 is 10.5 Å². The zero-order chi connectivity index (χ0) is 16.8. The molecule has 0 aliphatic carbocycles. The molecule has 0 spiro atoms. The molecule has 0 saturated heterocycles. The van der Waals surface area contributed by atoms with Gasteiger partial charge in [-0.2, -0.15) is 0 Å². The minimum Gasteiger partial charge on any atom is -0.484 e. The van der Waals surface area contributed by atoms with E-state index in [4.69, 9.17) is 33.7 Å². The predicted octanol–water partition coefficient (Wildman–Crippen LogP) is 3.75. The number of rotatable bonds is 6. The van der Waals surface area contributed by atoms with Gasteiger partial charge in [-0.05, 0) is 35.9 Å². The van der Waals surface area contributed by atoms with Crippen LogP contribution in [0.25, 0.3) is 6.08 Å². The Kier molecular flexibility index (Phi) is 5.79. The van der Waals surface area contributed by atoms with Crippen LogP contribution in [0.1, 0.15) is 15.9 Å². The average Bonchev–Trinajstić information content (AvgIpc) is 2.54. The lowest BCUT2D eigenvalue weighted by Crippen LogP contribution is -2.20. The molecule has 0 fully saturated rings. The predicted molar refractivity (Wildman–Crippen MR) is 91.0 cm³/mol. The van der Waals surface area contributed by atoms with Crippen molar-refractivity contribution in [3.05, 3.63) is 69.7 Å². The van der Waals surface area contributed by atoms with Gasteiger partial charge in [-0.1, -0.05) is 47.5 Å². The summed E-state index contributed by atoms with van der Waals surface area (Å²) in [4.78, 5) is 22.9. The van der Waals surface area contributed by atoms with Gasteiger partial charge in [0.1, 0.15) is 5.75 Å². The summed E-state index contributed by atoms with van der Waals surface area (Å²) >= 11 is 12.0. The van der Waals surface area contributed by atoms with Crippen LogP contribution in [-0.4, -0.2) is 18.3 Å². The van der Waals surface area contributed by atoms with Crippen LogP contribution in [0.2, 0.25) is 10.0 Å². The van der Waals surface area contributed by atoms with Crippen LogP contribution in [0.4, 0.5) is 0 Å². The van der Waals surface area contributed by atoms with E-state index in [-0.39, 0.29) is 12.4 Å². The first kappa shape index (κ1) is 17.1. The highest BCUT2D eigenvalue weighted by atomic mass is 35.5. The number of amides is 1. The van der Waals surface area contributed by atoms with Crippen molar-refractivity contribution >= 4 is 41.0 Å². The number of nitrogens with two attached hydrogens (primary N) is 1. The van der Waals surface area contributed by atoms with Crippen LogP contribution in [0.5, 0.6) is 5.75 Å². The second-order valence-corrected chi connectivity index (χ2v) is 5.41. The Morgan fingerprint density at radius 3 is 2.61 bits per heavy atom. The van der Waals surface area contributed by atoms with Crippen molar-refractivity contribution in [2.24, 2.45) is 5.73 Å². The summed E-state index contributed by atoms with van der Waals surface area (Å²) in [7, 11) is 0. The molecule has 0 unspecified atom stereocenters. The second kappa shape index (κ2) is 7.81. The molecule has 4 nitrogen and oxygen atoms in total.